The SMILES string of the molecule is CCC(=O)Nc1ccc(NCc2cccc(C)c2C)cc1. The molecule has 0 unspecified atom stereocenters. The summed E-state index contributed by atoms with van der Waals surface area (Å²) in [5, 5.41) is 6.25. The molecule has 110 valence electrons. The zero-order valence-electron chi connectivity index (χ0n) is 12.9. The number of rotatable bonds is 5. The Balaban J connectivity index is 1.97. The Bertz CT molecular complexity index is 618. The van der Waals surface area contributed by atoms with Gasteiger partial charge in [-0.3, -0.25) is 4.79 Å². The van der Waals surface area contributed by atoms with E-state index >= 15 is 0 Å². The number of amides is 1. The standard InChI is InChI=1S/C18H22N2O/c1-4-18(21)20-17-10-8-16(9-11-17)19-12-15-7-5-6-13(2)14(15)3/h5-11,19H,4,12H2,1-3H3,(H,20,21). The highest BCUT2D eigenvalue weighted by atomic mass is 16.1. The summed E-state index contributed by atoms with van der Waals surface area (Å²) in [4.78, 5) is 11.3. The monoisotopic (exact) mass is 282 g/mol. The lowest BCUT2D eigenvalue weighted by molar-refractivity contribution is -0.115. The quantitative estimate of drug-likeness (QED) is 0.860. The molecule has 2 aromatic rings. The molecule has 0 fully saturated rings. The fraction of sp³-hybridized carbons (Fsp3) is 0.278. The van der Waals surface area contributed by atoms with Gasteiger partial charge in [-0.2, -0.15) is 0 Å². The van der Waals surface area contributed by atoms with E-state index in [1.807, 2.05) is 31.2 Å². The van der Waals surface area contributed by atoms with Crippen molar-refractivity contribution in [2.45, 2.75) is 33.7 Å². The van der Waals surface area contributed by atoms with Crippen LogP contribution in [0.5, 0.6) is 0 Å². The third kappa shape index (κ3) is 4.09. The Labute approximate surface area is 126 Å². The molecule has 0 heterocycles. The topological polar surface area (TPSA) is 41.1 Å². The first kappa shape index (κ1) is 15.1. The summed E-state index contributed by atoms with van der Waals surface area (Å²) in [7, 11) is 0. The summed E-state index contributed by atoms with van der Waals surface area (Å²) in [5.74, 6) is 0.0334. The molecule has 0 bridgehead atoms. The van der Waals surface area contributed by atoms with E-state index in [-0.39, 0.29) is 5.91 Å². The number of hydrogen-bond acceptors (Lipinski definition) is 2. The normalized spacial score (nSPS) is 10.2. The average Bonchev–Trinajstić information content (AvgIpc) is 2.50. The zero-order valence-corrected chi connectivity index (χ0v) is 12.9. The van der Waals surface area contributed by atoms with Crippen molar-refractivity contribution in [3.05, 3.63) is 59.2 Å². The van der Waals surface area contributed by atoms with Crippen LogP contribution in [0.25, 0.3) is 0 Å². The van der Waals surface area contributed by atoms with E-state index in [2.05, 4.69) is 42.7 Å². The van der Waals surface area contributed by atoms with E-state index in [0.717, 1.165) is 17.9 Å². The smallest absolute Gasteiger partial charge is 0.224 e. The van der Waals surface area contributed by atoms with Gasteiger partial charge in [0.2, 0.25) is 5.91 Å². The van der Waals surface area contributed by atoms with Crippen LogP contribution >= 0.6 is 0 Å². The number of carbonyl (C=O) groups is 1. The molecule has 0 aliphatic heterocycles. The molecule has 1 amide bonds. The Morgan fingerprint density at radius 1 is 1.00 bits per heavy atom. The summed E-state index contributed by atoms with van der Waals surface area (Å²) >= 11 is 0. The number of aryl methyl sites for hydroxylation is 1. The minimum absolute atomic E-state index is 0.0334. The molecule has 3 heteroatoms. The predicted molar refractivity (Wildman–Crippen MR) is 88.6 cm³/mol. The Hall–Kier alpha value is -2.29. The van der Waals surface area contributed by atoms with Crippen LogP contribution < -0.4 is 10.6 Å². The highest BCUT2D eigenvalue weighted by molar-refractivity contribution is 5.90. The molecule has 2 aromatic carbocycles. The summed E-state index contributed by atoms with van der Waals surface area (Å²) in [6.45, 7) is 6.92. The average molecular weight is 282 g/mol. The van der Waals surface area contributed by atoms with Crippen molar-refractivity contribution >= 4 is 17.3 Å². The van der Waals surface area contributed by atoms with Crippen LogP contribution in [-0.2, 0) is 11.3 Å². The highest BCUT2D eigenvalue weighted by Crippen LogP contribution is 2.17. The van der Waals surface area contributed by atoms with Crippen LogP contribution in [0.1, 0.15) is 30.0 Å². The summed E-state index contributed by atoms with van der Waals surface area (Å²) in [5.41, 5.74) is 5.83. The maximum atomic E-state index is 11.3. The van der Waals surface area contributed by atoms with E-state index in [1.54, 1.807) is 0 Å². The van der Waals surface area contributed by atoms with Crippen LogP contribution in [0.3, 0.4) is 0 Å². The van der Waals surface area contributed by atoms with Gasteiger partial charge in [0.05, 0.1) is 0 Å². The van der Waals surface area contributed by atoms with Gasteiger partial charge < -0.3 is 10.6 Å². The maximum Gasteiger partial charge on any atom is 0.224 e. The van der Waals surface area contributed by atoms with Crippen LogP contribution in [-0.4, -0.2) is 5.91 Å². The van der Waals surface area contributed by atoms with Crippen molar-refractivity contribution in [2.75, 3.05) is 10.6 Å². The molecular formula is C18H22N2O. The van der Waals surface area contributed by atoms with Gasteiger partial charge in [-0.15, -0.1) is 0 Å². The molecule has 0 saturated carbocycles. The largest absolute Gasteiger partial charge is 0.381 e. The summed E-state index contributed by atoms with van der Waals surface area (Å²) < 4.78 is 0. The number of hydrogen-bond donors (Lipinski definition) is 2. The lowest BCUT2D eigenvalue weighted by atomic mass is 10.0. The zero-order chi connectivity index (χ0) is 15.2. The molecule has 2 rings (SSSR count). The number of benzene rings is 2. The second kappa shape index (κ2) is 6.93. The van der Waals surface area contributed by atoms with Gasteiger partial charge in [0.15, 0.2) is 0 Å². The van der Waals surface area contributed by atoms with E-state index in [9.17, 15) is 4.79 Å². The lowest BCUT2D eigenvalue weighted by Gasteiger charge is -2.11. The van der Waals surface area contributed by atoms with Gasteiger partial charge in [-0.25, -0.2) is 0 Å². The van der Waals surface area contributed by atoms with Crippen molar-refractivity contribution in [2.24, 2.45) is 0 Å². The van der Waals surface area contributed by atoms with Crippen molar-refractivity contribution in [1.29, 1.82) is 0 Å². The molecule has 2 N–H and O–H groups in total. The molecule has 0 aromatic heterocycles. The van der Waals surface area contributed by atoms with Crippen molar-refractivity contribution in [3.63, 3.8) is 0 Å². The second-order valence-electron chi connectivity index (χ2n) is 5.19. The number of carbonyl (C=O) groups excluding carboxylic acids is 1. The van der Waals surface area contributed by atoms with E-state index < -0.39 is 0 Å². The predicted octanol–water partition coefficient (Wildman–Crippen LogP) is 4.26. The van der Waals surface area contributed by atoms with Gasteiger partial charge in [0.1, 0.15) is 0 Å². The number of nitrogens with one attached hydrogen (secondary N) is 2. The molecule has 3 nitrogen and oxygen atoms in total. The molecule has 0 radical (unpaired) electrons. The summed E-state index contributed by atoms with van der Waals surface area (Å²) in [6, 6.07) is 14.2. The van der Waals surface area contributed by atoms with E-state index in [4.69, 9.17) is 0 Å². The van der Waals surface area contributed by atoms with Crippen LogP contribution in [0.2, 0.25) is 0 Å². The first-order valence-corrected chi connectivity index (χ1v) is 7.29. The Kier molecular flexibility index (Phi) is 4.99. The van der Waals surface area contributed by atoms with Gasteiger partial charge in [0, 0.05) is 24.3 Å². The molecule has 0 spiro atoms. The Morgan fingerprint density at radius 2 is 1.67 bits per heavy atom. The first-order chi connectivity index (χ1) is 10.1. The fourth-order valence-electron chi connectivity index (χ4n) is 2.12. The van der Waals surface area contributed by atoms with Gasteiger partial charge in [-0.1, -0.05) is 25.1 Å². The summed E-state index contributed by atoms with van der Waals surface area (Å²) in [6.07, 6.45) is 0.493. The molecule has 0 atom stereocenters. The molecule has 0 saturated heterocycles. The van der Waals surface area contributed by atoms with Gasteiger partial charge >= 0.3 is 0 Å². The highest BCUT2D eigenvalue weighted by Gasteiger charge is 2.02. The molecule has 0 aliphatic carbocycles. The van der Waals surface area contributed by atoms with Crippen LogP contribution in [0, 0.1) is 13.8 Å². The minimum Gasteiger partial charge on any atom is -0.381 e. The van der Waals surface area contributed by atoms with Crippen LogP contribution in [0.15, 0.2) is 42.5 Å². The fourth-order valence-corrected chi connectivity index (χ4v) is 2.12. The third-order valence-corrected chi connectivity index (χ3v) is 3.69. The van der Waals surface area contributed by atoms with Crippen LogP contribution in [0.4, 0.5) is 11.4 Å². The van der Waals surface area contributed by atoms with Gasteiger partial charge in [-0.05, 0) is 54.8 Å². The first-order valence-electron chi connectivity index (χ1n) is 7.29. The van der Waals surface area contributed by atoms with Gasteiger partial charge in [0.25, 0.3) is 0 Å². The molecular weight excluding hydrogens is 260 g/mol. The molecule has 0 aliphatic rings. The van der Waals surface area contributed by atoms with Crippen molar-refractivity contribution in [1.82, 2.24) is 0 Å². The molecule has 21 heavy (non-hydrogen) atoms. The minimum atomic E-state index is 0.0334. The number of anilines is 2. The second-order valence-corrected chi connectivity index (χ2v) is 5.19. The lowest BCUT2D eigenvalue weighted by Crippen LogP contribution is -2.09. The van der Waals surface area contributed by atoms with E-state index in [0.29, 0.717) is 6.42 Å². The van der Waals surface area contributed by atoms with Crippen molar-refractivity contribution in [3.8, 4) is 0 Å². The van der Waals surface area contributed by atoms with Crippen molar-refractivity contribution < 1.29 is 4.79 Å². The Morgan fingerprint density at radius 3 is 2.33 bits per heavy atom. The maximum absolute atomic E-state index is 11.3. The third-order valence-electron chi connectivity index (χ3n) is 3.69. The van der Waals surface area contributed by atoms with E-state index in [1.165, 1.54) is 16.7 Å².